The highest BCUT2D eigenvalue weighted by atomic mass is 16.3. The van der Waals surface area contributed by atoms with Crippen LogP contribution in [0.4, 0.5) is 34.1 Å². The van der Waals surface area contributed by atoms with Crippen molar-refractivity contribution >= 4 is 88.6 Å². The van der Waals surface area contributed by atoms with Crippen molar-refractivity contribution < 1.29 is 4.42 Å². The molecule has 0 amide bonds. The Morgan fingerprint density at radius 1 is 0.355 bits per heavy atom. The summed E-state index contributed by atoms with van der Waals surface area (Å²) in [4.78, 5) is 9.44. The van der Waals surface area contributed by atoms with Gasteiger partial charge >= 0.3 is 0 Å². The first-order chi connectivity index (χ1) is 30.7. The number of nitrogens with zero attached hydrogens (tertiary/aromatic N) is 4. The van der Waals surface area contributed by atoms with Crippen LogP contribution in [-0.2, 0) is 0 Å². The van der Waals surface area contributed by atoms with Crippen molar-refractivity contribution in [2.24, 2.45) is 0 Å². The highest BCUT2D eigenvalue weighted by molar-refractivity contribution is 6.12. The lowest BCUT2D eigenvalue weighted by Crippen LogP contribution is -2.10. The molecule has 5 heteroatoms. The number of aromatic nitrogens is 2. The first kappa shape index (κ1) is 35.5. The van der Waals surface area contributed by atoms with Crippen molar-refractivity contribution in [3.8, 4) is 17.1 Å². The minimum absolute atomic E-state index is 0.616. The largest absolute Gasteiger partial charge is 0.436 e. The second-order valence-corrected chi connectivity index (χ2v) is 15.6. The van der Waals surface area contributed by atoms with Crippen LogP contribution in [0.3, 0.4) is 0 Å². The molecular weight excluding hydrogens is 757 g/mol. The lowest BCUT2D eigenvalue weighted by molar-refractivity contribution is 0.620. The first-order valence-corrected chi connectivity index (χ1v) is 21.0. The number of hydrogen-bond donors (Lipinski definition) is 0. The van der Waals surface area contributed by atoms with E-state index in [0.29, 0.717) is 5.89 Å². The zero-order chi connectivity index (χ0) is 41.0. The monoisotopic (exact) mass is 794 g/mol. The Labute approximate surface area is 358 Å². The van der Waals surface area contributed by atoms with E-state index >= 15 is 0 Å². The quantitative estimate of drug-likeness (QED) is 0.144. The summed E-state index contributed by atoms with van der Waals surface area (Å²) < 4.78 is 8.69. The summed E-state index contributed by atoms with van der Waals surface area (Å²) >= 11 is 0. The highest BCUT2D eigenvalue weighted by Crippen LogP contribution is 2.43. The van der Waals surface area contributed by atoms with Crippen LogP contribution in [-0.4, -0.2) is 9.55 Å². The van der Waals surface area contributed by atoms with E-state index in [1.54, 1.807) is 0 Å². The number of rotatable bonds is 8. The molecule has 0 fully saturated rings. The fourth-order valence-corrected chi connectivity index (χ4v) is 9.08. The van der Waals surface area contributed by atoms with Crippen LogP contribution in [0.15, 0.2) is 235 Å². The summed E-state index contributed by atoms with van der Waals surface area (Å²) in [6.07, 6.45) is 0. The molecule has 0 unspecified atom stereocenters. The molecule has 62 heavy (non-hydrogen) atoms. The third-order valence-electron chi connectivity index (χ3n) is 11.9. The summed E-state index contributed by atoms with van der Waals surface area (Å²) in [6.45, 7) is 0. The molecule has 0 aliphatic carbocycles. The van der Waals surface area contributed by atoms with Crippen LogP contribution in [0.1, 0.15) is 0 Å². The van der Waals surface area contributed by atoms with Crippen molar-refractivity contribution in [3.05, 3.63) is 231 Å². The van der Waals surface area contributed by atoms with E-state index in [0.717, 1.165) is 61.9 Å². The van der Waals surface area contributed by atoms with Gasteiger partial charge in [-0.05, 0) is 131 Å². The lowest BCUT2D eigenvalue weighted by atomic mass is 10.00. The Morgan fingerprint density at radius 2 is 0.855 bits per heavy atom. The maximum Gasteiger partial charge on any atom is 0.227 e. The Kier molecular flexibility index (Phi) is 8.42. The van der Waals surface area contributed by atoms with Gasteiger partial charge in [-0.2, -0.15) is 0 Å². The molecule has 2 aromatic heterocycles. The second kappa shape index (κ2) is 14.7. The summed E-state index contributed by atoms with van der Waals surface area (Å²) in [5.74, 6) is 0.616. The summed E-state index contributed by atoms with van der Waals surface area (Å²) in [5, 5.41) is 7.19. The smallest absolute Gasteiger partial charge is 0.227 e. The molecule has 0 N–H and O–H groups in total. The molecule has 2 heterocycles. The summed E-state index contributed by atoms with van der Waals surface area (Å²) in [6, 6.07) is 81.8. The predicted octanol–water partition coefficient (Wildman–Crippen LogP) is 15.8. The Hall–Kier alpha value is -8.41. The molecule has 292 valence electrons. The molecule has 0 bridgehead atoms. The summed E-state index contributed by atoms with van der Waals surface area (Å²) in [5.41, 5.74) is 12.5. The van der Waals surface area contributed by atoms with E-state index in [9.17, 15) is 0 Å². The van der Waals surface area contributed by atoms with Crippen LogP contribution in [0.2, 0.25) is 0 Å². The predicted molar refractivity (Wildman–Crippen MR) is 258 cm³/mol. The van der Waals surface area contributed by atoms with Gasteiger partial charge in [0.15, 0.2) is 5.58 Å². The fourth-order valence-electron chi connectivity index (χ4n) is 9.08. The van der Waals surface area contributed by atoms with Gasteiger partial charge in [-0.1, -0.05) is 115 Å². The van der Waals surface area contributed by atoms with Gasteiger partial charge in [0, 0.05) is 62.2 Å². The van der Waals surface area contributed by atoms with Crippen molar-refractivity contribution in [2.75, 3.05) is 9.80 Å². The number of hydrogen-bond acceptors (Lipinski definition) is 4. The maximum atomic E-state index is 6.33. The number of oxazole rings is 1. The zero-order valence-electron chi connectivity index (χ0n) is 33.6. The van der Waals surface area contributed by atoms with E-state index in [4.69, 9.17) is 9.40 Å². The zero-order valence-corrected chi connectivity index (χ0v) is 33.6. The van der Waals surface area contributed by atoms with Gasteiger partial charge in [0.1, 0.15) is 5.52 Å². The van der Waals surface area contributed by atoms with Gasteiger partial charge in [0.2, 0.25) is 5.89 Å². The van der Waals surface area contributed by atoms with E-state index in [-0.39, 0.29) is 0 Å². The topological polar surface area (TPSA) is 37.4 Å². The molecule has 0 aliphatic rings. The minimum Gasteiger partial charge on any atom is -0.436 e. The molecule has 12 rings (SSSR count). The molecule has 0 saturated carbocycles. The lowest BCUT2D eigenvalue weighted by Gasteiger charge is -2.26. The molecule has 0 spiro atoms. The Bertz CT molecular complexity index is 3580. The van der Waals surface area contributed by atoms with Crippen LogP contribution in [0.25, 0.3) is 71.6 Å². The van der Waals surface area contributed by atoms with Crippen LogP contribution in [0.5, 0.6) is 0 Å². The molecule has 5 nitrogen and oxygen atoms in total. The second-order valence-electron chi connectivity index (χ2n) is 15.6. The van der Waals surface area contributed by atoms with Gasteiger partial charge in [-0.3, -0.25) is 0 Å². The third kappa shape index (κ3) is 6.06. The van der Waals surface area contributed by atoms with Crippen molar-refractivity contribution in [2.45, 2.75) is 0 Å². The number of para-hydroxylation sites is 4. The maximum absolute atomic E-state index is 6.33. The van der Waals surface area contributed by atoms with Crippen molar-refractivity contribution in [3.63, 3.8) is 0 Å². The van der Waals surface area contributed by atoms with Crippen molar-refractivity contribution in [1.29, 1.82) is 0 Å². The van der Waals surface area contributed by atoms with Crippen LogP contribution in [0, 0.1) is 0 Å². The van der Waals surface area contributed by atoms with Crippen molar-refractivity contribution in [1.82, 2.24) is 9.55 Å². The SMILES string of the molecule is c1ccc(-c2nc3ccc(N(c4ccccc4)c4ccc5c(ccc6cc(N(c7ccccc7)c7ccc8c(c7)c7ccccc7n8-c7ccccc7)ccc65)c4)cc3o2)cc1. The van der Waals surface area contributed by atoms with E-state index < -0.39 is 0 Å². The van der Waals surface area contributed by atoms with Gasteiger partial charge in [0.05, 0.1) is 11.0 Å². The fraction of sp³-hybridized carbons (Fsp3) is 0. The van der Waals surface area contributed by atoms with E-state index in [2.05, 4.69) is 208 Å². The molecule has 0 aliphatic heterocycles. The third-order valence-corrected chi connectivity index (χ3v) is 11.9. The molecule has 0 atom stereocenters. The standard InChI is InChI=1S/C57H38N4O/c1-5-15-39(16-6-1)57-58-53-33-29-48(38-56(53)62-57)60(43-19-9-3-10-20-43)46-28-32-50-41(36-46)26-25-40-35-45(27-31-49(40)50)59(42-17-7-2-8-18-42)47-30-34-55-52(37-47)51-23-13-14-24-54(51)61(55)44-21-11-4-12-22-44/h1-38H. The normalized spacial score (nSPS) is 11.5. The van der Waals surface area contributed by atoms with Gasteiger partial charge in [0.25, 0.3) is 0 Å². The van der Waals surface area contributed by atoms with Crippen LogP contribution < -0.4 is 9.80 Å². The molecular formula is C57H38N4O. The molecule has 0 radical (unpaired) electrons. The van der Waals surface area contributed by atoms with Gasteiger partial charge < -0.3 is 18.8 Å². The first-order valence-electron chi connectivity index (χ1n) is 21.0. The Morgan fingerprint density at radius 3 is 1.50 bits per heavy atom. The average molecular weight is 795 g/mol. The van der Waals surface area contributed by atoms with E-state index in [1.165, 1.54) is 38.0 Å². The van der Waals surface area contributed by atoms with Crippen LogP contribution >= 0.6 is 0 Å². The number of fused-ring (bicyclic) bond motifs is 7. The number of anilines is 6. The number of benzene rings is 10. The minimum atomic E-state index is 0.616. The average Bonchev–Trinajstić information content (AvgIpc) is 3.92. The van der Waals surface area contributed by atoms with E-state index in [1.807, 2.05) is 36.4 Å². The van der Waals surface area contributed by atoms with Gasteiger partial charge in [-0.25, -0.2) is 4.98 Å². The molecule has 0 saturated heterocycles. The van der Waals surface area contributed by atoms with Gasteiger partial charge in [-0.15, -0.1) is 0 Å². The Balaban J connectivity index is 0.948. The highest BCUT2D eigenvalue weighted by Gasteiger charge is 2.20. The molecule has 10 aromatic carbocycles. The molecule has 12 aromatic rings. The summed E-state index contributed by atoms with van der Waals surface area (Å²) in [7, 11) is 0.